The molecule has 2 rings (SSSR count). The van der Waals surface area contributed by atoms with Crippen molar-refractivity contribution in [3.63, 3.8) is 0 Å². The number of aliphatic carboxylic acids is 1. The van der Waals surface area contributed by atoms with Crippen molar-refractivity contribution in [1.82, 2.24) is 0 Å². The van der Waals surface area contributed by atoms with E-state index in [4.69, 9.17) is 14.9 Å². The first kappa shape index (κ1) is 42.2. The van der Waals surface area contributed by atoms with Gasteiger partial charge in [-0.3, -0.25) is 4.79 Å². The van der Waals surface area contributed by atoms with Crippen molar-refractivity contribution in [2.45, 2.75) is 189 Å². The Labute approximate surface area is 282 Å². The van der Waals surface area contributed by atoms with Crippen LogP contribution in [0.4, 0.5) is 0 Å². The van der Waals surface area contributed by atoms with Gasteiger partial charge in [-0.05, 0) is 80.9 Å². The number of fused-ring (bicyclic) bond motifs is 1. The predicted molar refractivity (Wildman–Crippen MR) is 192 cm³/mol. The van der Waals surface area contributed by atoms with Gasteiger partial charge in [0.1, 0.15) is 11.5 Å². The minimum Gasteiger partial charge on any atom is -0.507 e. The fourth-order valence-electron chi connectivity index (χ4n) is 6.68. The van der Waals surface area contributed by atoms with Crippen LogP contribution in [0.1, 0.15) is 178 Å². The Morgan fingerprint density at radius 1 is 0.717 bits per heavy atom. The van der Waals surface area contributed by atoms with Crippen molar-refractivity contribution < 1.29 is 30.0 Å². The normalized spacial score (nSPS) is 17.2. The number of hydrogen-bond acceptors (Lipinski definition) is 5. The van der Waals surface area contributed by atoms with Gasteiger partial charge in [-0.1, -0.05) is 118 Å². The summed E-state index contributed by atoms with van der Waals surface area (Å²) in [6.07, 6.45) is 22.6. The number of phenolic OH excluding ortho intramolecular Hbond substituents is 1. The fraction of sp³-hybridized carbons (Fsp3) is 0.825. The van der Waals surface area contributed by atoms with Gasteiger partial charge in [0.05, 0.1) is 0 Å². The molecule has 6 nitrogen and oxygen atoms in total. The third-order valence-corrected chi connectivity index (χ3v) is 10.1. The Morgan fingerprint density at radius 3 is 1.74 bits per heavy atom. The van der Waals surface area contributed by atoms with Crippen LogP contribution in [0, 0.1) is 38.5 Å². The molecule has 0 saturated heterocycles. The summed E-state index contributed by atoms with van der Waals surface area (Å²) in [4.78, 5) is 10.2. The highest BCUT2D eigenvalue weighted by atomic mass is 16.6. The smallest absolute Gasteiger partial charge is 0.303 e. The van der Waals surface area contributed by atoms with E-state index < -0.39 is 11.8 Å². The SMILES string of the molecule is Cc1c(C)c2c(c(C)c1O)CCC(O)(CCCC(C)CCCC(C)CCCC(C)C)O2.O=C(O)CCCCCCCCCCCO. The molecule has 0 aromatic heterocycles. The molecule has 3 atom stereocenters. The average Bonchev–Trinajstić information content (AvgIpc) is 3.00. The summed E-state index contributed by atoms with van der Waals surface area (Å²) in [7, 11) is 0. The van der Waals surface area contributed by atoms with Gasteiger partial charge in [0.15, 0.2) is 0 Å². The Kier molecular flexibility index (Phi) is 21.6. The lowest BCUT2D eigenvalue weighted by molar-refractivity contribution is -0.156. The van der Waals surface area contributed by atoms with Crippen LogP contribution in [0.3, 0.4) is 0 Å². The average molecular weight is 649 g/mol. The number of aromatic hydroxyl groups is 1. The summed E-state index contributed by atoms with van der Waals surface area (Å²) < 4.78 is 6.16. The summed E-state index contributed by atoms with van der Waals surface area (Å²) in [5, 5.41) is 38.4. The van der Waals surface area contributed by atoms with Crippen LogP contribution in [0.25, 0.3) is 0 Å². The van der Waals surface area contributed by atoms with Crippen LogP contribution >= 0.6 is 0 Å². The summed E-state index contributed by atoms with van der Waals surface area (Å²) in [5.41, 5.74) is 3.76. The van der Waals surface area contributed by atoms with Gasteiger partial charge < -0.3 is 25.2 Å². The molecule has 1 aromatic rings. The van der Waals surface area contributed by atoms with Crippen molar-refractivity contribution >= 4 is 5.97 Å². The third-order valence-electron chi connectivity index (χ3n) is 10.1. The summed E-state index contributed by atoms with van der Waals surface area (Å²) >= 11 is 0. The van der Waals surface area contributed by atoms with Gasteiger partial charge in [-0.15, -0.1) is 0 Å². The highest BCUT2D eigenvalue weighted by Crippen LogP contribution is 2.44. The topological polar surface area (TPSA) is 107 Å². The molecular formula is C40H72O6. The molecule has 4 N–H and O–H groups in total. The standard InChI is InChI=1S/C28H48O3.C12H24O3/c1-19(2)11-8-12-20(3)13-9-14-21(4)15-10-17-28(30)18-16-25-24(7)26(29)22(5)23(6)27(25)31-28;13-11-9-7-5-3-1-2-4-6-8-10-12(14)15/h19-21,29-30H,8-18H2,1-7H3;13H,1-11H2,(H,14,15). The number of aliphatic hydroxyl groups excluding tert-OH is 1. The lowest BCUT2D eigenvalue weighted by atomic mass is 9.88. The van der Waals surface area contributed by atoms with Gasteiger partial charge in [-0.2, -0.15) is 0 Å². The van der Waals surface area contributed by atoms with Crippen molar-refractivity contribution in [3.05, 3.63) is 22.3 Å². The number of carboxylic acid groups (broad SMARTS) is 1. The van der Waals surface area contributed by atoms with Gasteiger partial charge in [0, 0.05) is 31.4 Å². The quantitative estimate of drug-likeness (QED) is 0.0880. The first-order chi connectivity index (χ1) is 21.8. The molecular weight excluding hydrogens is 576 g/mol. The zero-order chi connectivity index (χ0) is 34.5. The molecule has 0 bridgehead atoms. The van der Waals surface area contributed by atoms with Crippen LogP contribution < -0.4 is 4.74 Å². The van der Waals surface area contributed by atoms with Crippen LogP contribution in [0.5, 0.6) is 11.5 Å². The minimum atomic E-state index is -1.07. The predicted octanol–water partition coefficient (Wildman–Crippen LogP) is 10.7. The molecule has 1 aliphatic rings. The first-order valence-corrected chi connectivity index (χ1v) is 18.9. The second-order valence-electron chi connectivity index (χ2n) is 15.0. The molecule has 0 radical (unpaired) electrons. The van der Waals surface area contributed by atoms with E-state index >= 15 is 0 Å². The van der Waals surface area contributed by atoms with Crippen molar-refractivity contribution in [2.75, 3.05) is 6.61 Å². The Bertz CT molecular complexity index is 973. The molecule has 6 heteroatoms. The Hall–Kier alpha value is -1.79. The highest BCUT2D eigenvalue weighted by molar-refractivity contribution is 5.66. The summed E-state index contributed by atoms with van der Waals surface area (Å²) in [6, 6.07) is 0. The number of aliphatic hydroxyl groups is 2. The van der Waals surface area contributed by atoms with Gasteiger partial charge in [0.2, 0.25) is 5.79 Å². The van der Waals surface area contributed by atoms with Gasteiger partial charge >= 0.3 is 5.97 Å². The number of ether oxygens (including phenoxy) is 1. The van der Waals surface area contributed by atoms with E-state index in [2.05, 4.69) is 27.7 Å². The summed E-state index contributed by atoms with van der Waals surface area (Å²) in [6.45, 7) is 15.5. The molecule has 0 aliphatic carbocycles. The first-order valence-electron chi connectivity index (χ1n) is 18.9. The van der Waals surface area contributed by atoms with E-state index in [-0.39, 0.29) is 0 Å². The lowest BCUT2D eigenvalue weighted by Crippen LogP contribution is -2.40. The molecule has 1 aliphatic heterocycles. The molecule has 1 heterocycles. The second-order valence-corrected chi connectivity index (χ2v) is 15.0. The van der Waals surface area contributed by atoms with E-state index in [1.807, 2.05) is 20.8 Å². The maximum Gasteiger partial charge on any atom is 0.303 e. The largest absolute Gasteiger partial charge is 0.507 e. The Balaban J connectivity index is 0.000000595. The maximum atomic E-state index is 11.1. The van der Waals surface area contributed by atoms with Crippen molar-refractivity contribution in [1.29, 1.82) is 0 Å². The highest BCUT2D eigenvalue weighted by Gasteiger charge is 2.36. The molecule has 0 fully saturated rings. The Morgan fingerprint density at radius 2 is 1.22 bits per heavy atom. The lowest BCUT2D eigenvalue weighted by Gasteiger charge is -2.36. The molecule has 0 amide bonds. The van der Waals surface area contributed by atoms with E-state index in [0.717, 1.165) is 91.2 Å². The van der Waals surface area contributed by atoms with E-state index in [0.29, 0.717) is 37.5 Å². The molecule has 3 unspecified atom stereocenters. The number of rotatable bonds is 23. The third kappa shape index (κ3) is 17.4. The van der Waals surface area contributed by atoms with E-state index in [1.54, 1.807) is 0 Å². The van der Waals surface area contributed by atoms with Crippen LogP contribution in [-0.2, 0) is 11.2 Å². The molecule has 268 valence electrons. The fourth-order valence-corrected chi connectivity index (χ4v) is 6.68. The molecule has 46 heavy (non-hydrogen) atoms. The van der Waals surface area contributed by atoms with Crippen LogP contribution in [0.2, 0.25) is 0 Å². The van der Waals surface area contributed by atoms with Gasteiger partial charge in [0.25, 0.3) is 0 Å². The molecule has 0 saturated carbocycles. The number of unbranched alkanes of at least 4 members (excludes halogenated alkanes) is 8. The number of phenols is 1. The number of hydrogen-bond donors (Lipinski definition) is 4. The zero-order valence-corrected chi connectivity index (χ0v) is 30.9. The maximum absolute atomic E-state index is 11.1. The monoisotopic (exact) mass is 649 g/mol. The second kappa shape index (κ2) is 23.5. The number of carboxylic acids is 1. The van der Waals surface area contributed by atoms with Crippen LogP contribution in [0.15, 0.2) is 0 Å². The van der Waals surface area contributed by atoms with Crippen molar-refractivity contribution in [2.24, 2.45) is 17.8 Å². The zero-order valence-electron chi connectivity index (χ0n) is 30.9. The number of benzene rings is 1. The minimum absolute atomic E-state index is 0.315. The molecule has 0 spiro atoms. The van der Waals surface area contributed by atoms with Gasteiger partial charge in [-0.25, -0.2) is 0 Å². The number of carbonyl (C=O) groups is 1. The van der Waals surface area contributed by atoms with E-state index in [1.165, 1.54) is 64.2 Å². The van der Waals surface area contributed by atoms with Crippen molar-refractivity contribution in [3.8, 4) is 11.5 Å². The van der Waals surface area contributed by atoms with E-state index in [9.17, 15) is 15.0 Å². The molecule has 1 aromatic carbocycles. The summed E-state index contributed by atoms with van der Waals surface area (Å²) in [5.74, 6) is 1.78. The van der Waals surface area contributed by atoms with Crippen LogP contribution in [-0.4, -0.2) is 38.8 Å².